The highest BCUT2D eigenvalue weighted by Gasteiger charge is 2.31. The van der Waals surface area contributed by atoms with Crippen molar-refractivity contribution in [2.24, 2.45) is 29.4 Å². The van der Waals surface area contributed by atoms with Gasteiger partial charge in [0.2, 0.25) is 0 Å². The predicted molar refractivity (Wildman–Crippen MR) is 81.6 cm³/mol. The van der Waals surface area contributed by atoms with E-state index in [4.69, 9.17) is 5.73 Å². The van der Waals surface area contributed by atoms with Crippen molar-refractivity contribution in [3.63, 3.8) is 0 Å². The average molecular weight is 253 g/mol. The Morgan fingerprint density at radius 2 is 1.72 bits per heavy atom. The average Bonchev–Trinajstić information content (AvgIpc) is 2.38. The van der Waals surface area contributed by atoms with Gasteiger partial charge in [-0.3, -0.25) is 0 Å². The maximum Gasteiger partial charge on any atom is 0.0157 e. The van der Waals surface area contributed by atoms with E-state index >= 15 is 0 Å². The van der Waals surface area contributed by atoms with E-state index in [1.807, 2.05) is 0 Å². The highest BCUT2D eigenvalue weighted by Crippen LogP contribution is 2.36. The lowest BCUT2D eigenvalue weighted by molar-refractivity contribution is 0.262. The summed E-state index contributed by atoms with van der Waals surface area (Å²) < 4.78 is 0. The third-order valence-corrected chi connectivity index (χ3v) is 4.83. The Morgan fingerprint density at radius 3 is 2.28 bits per heavy atom. The van der Waals surface area contributed by atoms with Crippen molar-refractivity contribution in [1.29, 1.82) is 0 Å². The van der Waals surface area contributed by atoms with Crippen LogP contribution in [-0.4, -0.2) is 5.54 Å². The second-order valence-electron chi connectivity index (χ2n) is 7.74. The Kier molecular flexibility index (Phi) is 6.17. The van der Waals surface area contributed by atoms with Gasteiger partial charge in [0.15, 0.2) is 0 Å². The van der Waals surface area contributed by atoms with Crippen LogP contribution in [0.1, 0.15) is 79.6 Å². The van der Waals surface area contributed by atoms with Crippen molar-refractivity contribution < 1.29 is 0 Å². The summed E-state index contributed by atoms with van der Waals surface area (Å²) in [5.41, 5.74) is 6.83. The molecular weight excluding hydrogens is 218 g/mol. The lowest BCUT2D eigenvalue weighted by atomic mass is 9.79. The van der Waals surface area contributed by atoms with Gasteiger partial charge in [-0.25, -0.2) is 0 Å². The first-order valence-corrected chi connectivity index (χ1v) is 8.11. The van der Waals surface area contributed by atoms with E-state index in [9.17, 15) is 0 Å². The van der Waals surface area contributed by atoms with Crippen LogP contribution in [0.3, 0.4) is 0 Å². The molecular formula is C17H35N. The summed E-state index contributed by atoms with van der Waals surface area (Å²) in [5, 5.41) is 0. The number of hydrogen-bond acceptors (Lipinski definition) is 1. The van der Waals surface area contributed by atoms with Gasteiger partial charge < -0.3 is 5.73 Å². The predicted octanol–water partition coefficient (Wildman–Crippen LogP) is 4.99. The Morgan fingerprint density at radius 1 is 1.06 bits per heavy atom. The Hall–Kier alpha value is -0.0400. The van der Waals surface area contributed by atoms with Crippen molar-refractivity contribution in [3.05, 3.63) is 0 Å². The van der Waals surface area contributed by atoms with Crippen LogP contribution in [-0.2, 0) is 0 Å². The maximum atomic E-state index is 6.70. The second kappa shape index (κ2) is 6.93. The van der Waals surface area contributed by atoms with Crippen LogP contribution in [0.2, 0.25) is 0 Å². The summed E-state index contributed by atoms with van der Waals surface area (Å²) in [4.78, 5) is 0. The molecule has 0 heterocycles. The highest BCUT2D eigenvalue weighted by molar-refractivity contribution is 4.89. The van der Waals surface area contributed by atoms with Crippen molar-refractivity contribution in [2.75, 3.05) is 0 Å². The van der Waals surface area contributed by atoms with Crippen LogP contribution in [0.25, 0.3) is 0 Å². The van der Waals surface area contributed by atoms with Gasteiger partial charge in [0, 0.05) is 5.54 Å². The molecule has 18 heavy (non-hydrogen) atoms. The molecule has 0 aromatic heterocycles. The van der Waals surface area contributed by atoms with E-state index in [1.54, 1.807) is 0 Å². The van der Waals surface area contributed by atoms with Gasteiger partial charge in [0.25, 0.3) is 0 Å². The summed E-state index contributed by atoms with van der Waals surface area (Å²) >= 11 is 0. The van der Waals surface area contributed by atoms with Crippen LogP contribution in [0, 0.1) is 23.7 Å². The van der Waals surface area contributed by atoms with E-state index in [-0.39, 0.29) is 5.54 Å². The Bertz CT molecular complexity index is 234. The quantitative estimate of drug-likeness (QED) is 0.686. The van der Waals surface area contributed by atoms with E-state index in [0.717, 1.165) is 23.7 Å². The van der Waals surface area contributed by atoms with E-state index < -0.39 is 0 Å². The van der Waals surface area contributed by atoms with E-state index in [1.165, 1.54) is 44.9 Å². The van der Waals surface area contributed by atoms with Crippen molar-refractivity contribution in [1.82, 2.24) is 0 Å². The molecule has 0 aliphatic heterocycles. The molecule has 0 amide bonds. The molecule has 0 bridgehead atoms. The zero-order chi connectivity index (χ0) is 13.8. The summed E-state index contributed by atoms with van der Waals surface area (Å²) in [6, 6.07) is 0. The third-order valence-electron chi connectivity index (χ3n) is 4.83. The van der Waals surface area contributed by atoms with Crippen LogP contribution < -0.4 is 5.73 Å². The Labute approximate surface area is 115 Å². The fourth-order valence-corrected chi connectivity index (χ4v) is 3.91. The molecule has 3 unspecified atom stereocenters. The molecule has 0 spiro atoms. The second-order valence-corrected chi connectivity index (χ2v) is 7.74. The number of rotatable bonds is 5. The van der Waals surface area contributed by atoms with E-state index in [0.29, 0.717) is 0 Å². The minimum atomic E-state index is 0.137. The molecule has 1 heteroatoms. The lowest BCUT2D eigenvalue weighted by Crippen LogP contribution is -2.41. The number of hydrogen-bond donors (Lipinski definition) is 1. The summed E-state index contributed by atoms with van der Waals surface area (Å²) in [6.45, 7) is 11.8. The van der Waals surface area contributed by atoms with Crippen LogP contribution in [0.4, 0.5) is 0 Å². The summed E-state index contributed by atoms with van der Waals surface area (Å²) in [7, 11) is 0. The third kappa shape index (κ3) is 5.30. The molecule has 0 aromatic carbocycles. The van der Waals surface area contributed by atoms with Gasteiger partial charge in [-0.05, 0) is 55.8 Å². The van der Waals surface area contributed by atoms with Gasteiger partial charge >= 0.3 is 0 Å². The molecule has 0 radical (unpaired) electrons. The zero-order valence-electron chi connectivity index (χ0n) is 13.3. The molecule has 1 fully saturated rings. The maximum absolute atomic E-state index is 6.70. The van der Waals surface area contributed by atoms with Crippen molar-refractivity contribution in [2.45, 2.75) is 85.1 Å². The topological polar surface area (TPSA) is 26.0 Å². The van der Waals surface area contributed by atoms with Crippen LogP contribution >= 0.6 is 0 Å². The smallest absolute Gasteiger partial charge is 0.0157 e. The first-order valence-electron chi connectivity index (χ1n) is 8.11. The first-order chi connectivity index (χ1) is 8.32. The minimum Gasteiger partial charge on any atom is -0.325 e. The van der Waals surface area contributed by atoms with Crippen LogP contribution in [0.15, 0.2) is 0 Å². The molecule has 2 N–H and O–H groups in total. The number of nitrogens with two attached hydrogens (primary N) is 1. The fourth-order valence-electron chi connectivity index (χ4n) is 3.91. The molecule has 1 saturated carbocycles. The SMILES string of the molecule is CC(C)CC(C)CC1(N)CCCC(C(C)C)CC1. The summed E-state index contributed by atoms with van der Waals surface area (Å²) in [6.07, 6.45) is 9.14. The molecule has 0 saturated heterocycles. The lowest BCUT2D eigenvalue weighted by Gasteiger charge is -2.32. The normalized spacial score (nSPS) is 31.7. The van der Waals surface area contributed by atoms with Crippen molar-refractivity contribution >= 4 is 0 Å². The minimum absolute atomic E-state index is 0.137. The summed E-state index contributed by atoms with van der Waals surface area (Å²) in [5.74, 6) is 3.33. The van der Waals surface area contributed by atoms with Crippen LogP contribution in [0.5, 0.6) is 0 Å². The molecule has 0 aromatic rings. The van der Waals surface area contributed by atoms with Gasteiger partial charge in [0.1, 0.15) is 0 Å². The fraction of sp³-hybridized carbons (Fsp3) is 1.00. The molecule has 3 atom stereocenters. The molecule has 1 aliphatic rings. The van der Waals surface area contributed by atoms with Gasteiger partial charge in [-0.2, -0.15) is 0 Å². The molecule has 1 aliphatic carbocycles. The monoisotopic (exact) mass is 253 g/mol. The molecule has 1 nitrogen and oxygen atoms in total. The first kappa shape index (κ1) is 16.0. The van der Waals surface area contributed by atoms with E-state index in [2.05, 4.69) is 34.6 Å². The molecule has 108 valence electrons. The largest absolute Gasteiger partial charge is 0.325 e. The standard InChI is InChI=1S/C17H35N/c1-13(2)11-15(5)12-17(18)9-6-7-16(8-10-17)14(3)4/h13-16H,6-12,18H2,1-5H3. The highest BCUT2D eigenvalue weighted by atomic mass is 14.7. The molecule has 1 rings (SSSR count). The van der Waals surface area contributed by atoms with Gasteiger partial charge in [-0.1, -0.05) is 47.5 Å². The Balaban J connectivity index is 2.48. The van der Waals surface area contributed by atoms with Gasteiger partial charge in [-0.15, -0.1) is 0 Å². The zero-order valence-corrected chi connectivity index (χ0v) is 13.3. The van der Waals surface area contributed by atoms with Crippen molar-refractivity contribution in [3.8, 4) is 0 Å². The van der Waals surface area contributed by atoms with Gasteiger partial charge in [0.05, 0.1) is 0 Å².